The molecule has 0 N–H and O–H groups in total. The highest BCUT2D eigenvalue weighted by atomic mass is 32.2. The summed E-state index contributed by atoms with van der Waals surface area (Å²) in [5, 5.41) is 11.4. The van der Waals surface area contributed by atoms with E-state index >= 15 is 0 Å². The van der Waals surface area contributed by atoms with E-state index in [4.69, 9.17) is 0 Å². The number of rotatable bonds is 6. The van der Waals surface area contributed by atoms with Crippen LogP contribution in [0.1, 0.15) is 18.4 Å². The fourth-order valence-corrected chi connectivity index (χ4v) is 3.86. The highest BCUT2D eigenvalue weighted by molar-refractivity contribution is 7.90. The molecular formula is C18H20N2O4S. The maximum absolute atomic E-state index is 11.7. The minimum absolute atomic E-state index is 0.0133. The van der Waals surface area contributed by atoms with E-state index in [9.17, 15) is 18.5 Å². The SMILES string of the molecule is CN(CC1(c2ccccc2)CC1)c1ccc(S(C)(=O)=O)cc1[N+](=O)[O-]. The van der Waals surface area contributed by atoms with Crippen LogP contribution in [0.15, 0.2) is 53.4 Å². The quantitative estimate of drug-likeness (QED) is 0.584. The van der Waals surface area contributed by atoms with Crippen molar-refractivity contribution < 1.29 is 13.3 Å². The van der Waals surface area contributed by atoms with E-state index in [1.165, 1.54) is 17.7 Å². The summed E-state index contributed by atoms with van der Waals surface area (Å²) >= 11 is 0. The molecule has 7 heteroatoms. The van der Waals surface area contributed by atoms with Gasteiger partial charge < -0.3 is 4.90 Å². The molecule has 0 spiro atoms. The zero-order chi connectivity index (χ0) is 18.2. The van der Waals surface area contributed by atoms with Crippen LogP contribution in [0.2, 0.25) is 0 Å². The van der Waals surface area contributed by atoms with Crippen LogP contribution in [0.3, 0.4) is 0 Å². The lowest BCUT2D eigenvalue weighted by molar-refractivity contribution is -0.384. The third kappa shape index (κ3) is 3.51. The second kappa shape index (κ2) is 6.15. The fraction of sp³-hybridized carbons (Fsp3) is 0.333. The van der Waals surface area contributed by atoms with Crippen LogP contribution in [0.5, 0.6) is 0 Å². The Morgan fingerprint density at radius 1 is 1.16 bits per heavy atom. The Bertz CT molecular complexity index is 906. The van der Waals surface area contributed by atoms with Gasteiger partial charge in [-0.15, -0.1) is 0 Å². The average Bonchev–Trinajstić information content (AvgIpc) is 3.35. The van der Waals surface area contributed by atoms with E-state index in [0.29, 0.717) is 12.2 Å². The van der Waals surface area contributed by atoms with Crippen LogP contribution in [-0.4, -0.2) is 33.2 Å². The van der Waals surface area contributed by atoms with Crippen LogP contribution < -0.4 is 4.90 Å². The topological polar surface area (TPSA) is 80.5 Å². The van der Waals surface area contributed by atoms with Gasteiger partial charge in [0.05, 0.1) is 9.82 Å². The molecule has 1 fully saturated rings. The predicted octanol–water partition coefficient (Wildman–Crippen LogP) is 3.17. The first-order chi connectivity index (χ1) is 11.7. The van der Waals surface area contributed by atoms with Crippen LogP contribution in [0.4, 0.5) is 11.4 Å². The second-order valence-electron chi connectivity index (χ2n) is 6.68. The van der Waals surface area contributed by atoms with Gasteiger partial charge in [0, 0.05) is 31.3 Å². The van der Waals surface area contributed by atoms with E-state index in [0.717, 1.165) is 25.2 Å². The zero-order valence-corrected chi connectivity index (χ0v) is 15.0. The summed E-state index contributed by atoms with van der Waals surface area (Å²) in [6, 6.07) is 14.2. The molecule has 6 nitrogen and oxygen atoms in total. The van der Waals surface area contributed by atoms with Crippen molar-refractivity contribution in [2.45, 2.75) is 23.2 Å². The molecular weight excluding hydrogens is 340 g/mol. The molecule has 0 radical (unpaired) electrons. The summed E-state index contributed by atoms with van der Waals surface area (Å²) in [6.45, 7) is 0.649. The van der Waals surface area contributed by atoms with Gasteiger partial charge in [0.1, 0.15) is 5.69 Å². The number of nitro benzene ring substituents is 1. The predicted molar refractivity (Wildman–Crippen MR) is 96.8 cm³/mol. The average molecular weight is 360 g/mol. The Morgan fingerprint density at radius 3 is 2.32 bits per heavy atom. The molecule has 0 atom stereocenters. The van der Waals surface area contributed by atoms with Gasteiger partial charge in [0.15, 0.2) is 9.84 Å². The number of hydrogen-bond acceptors (Lipinski definition) is 5. The Hall–Kier alpha value is -2.41. The van der Waals surface area contributed by atoms with E-state index in [2.05, 4.69) is 12.1 Å². The van der Waals surface area contributed by atoms with E-state index in [1.807, 2.05) is 30.1 Å². The first-order valence-corrected chi connectivity index (χ1v) is 9.87. The van der Waals surface area contributed by atoms with Crippen LogP contribution in [-0.2, 0) is 15.3 Å². The minimum atomic E-state index is -3.49. The Balaban J connectivity index is 1.92. The molecule has 25 heavy (non-hydrogen) atoms. The maximum atomic E-state index is 11.7. The van der Waals surface area contributed by atoms with Gasteiger partial charge in [-0.25, -0.2) is 8.42 Å². The largest absolute Gasteiger partial charge is 0.368 e. The highest BCUT2D eigenvalue weighted by Crippen LogP contribution is 2.49. The summed E-state index contributed by atoms with van der Waals surface area (Å²) < 4.78 is 23.4. The number of benzene rings is 2. The van der Waals surface area contributed by atoms with Crippen molar-refractivity contribution in [3.63, 3.8) is 0 Å². The number of likely N-dealkylation sites (N-methyl/N-ethyl adjacent to an activating group) is 1. The third-order valence-electron chi connectivity index (χ3n) is 4.76. The standard InChI is InChI=1S/C18H20N2O4S/c1-19(13-18(10-11-18)14-6-4-3-5-7-14)16-9-8-15(25(2,23)24)12-17(16)20(21)22/h3-9,12H,10-11,13H2,1-2H3. The van der Waals surface area contributed by atoms with Crippen LogP contribution >= 0.6 is 0 Å². The molecule has 0 amide bonds. The normalized spacial score (nSPS) is 15.6. The maximum Gasteiger partial charge on any atom is 0.293 e. The third-order valence-corrected chi connectivity index (χ3v) is 5.87. The molecule has 0 aliphatic heterocycles. The van der Waals surface area contributed by atoms with Crippen LogP contribution in [0.25, 0.3) is 0 Å². The van der Waals surface area contributed by atoms with Crippen molar-refractivity contribution in [3.8, 4) is 0 Å². The molecule has 0 bridgehead atoms. The Kier molecular flexibility index (Phi) is 4.28. The van der Waals surface area contributed by atoms with Crippen molar-refractivity contribution >= 4 is 21.2 Å². The lowest BCUT2D eigenvalue weighted by Gasteiger charge is -2.26. The molecule has 1 saturated carbocycles. The molecule has 1 aliphatic carbocycles. The monoisotopic (exact) mass is 360 g/mol. The van der Waals surface area contributed by atoms with Crippen molar-refractivity contribution in [2.24, 2.45) is 0 Å². The lowest BCUT2D eigenvalue weighted by Crippen LogP contribution is -2.29. The van der Waals surface area contributed by atoms with Gasteiger partial charge in [-0.05, 0) is 30.5 Å². The van der Waals surface area contributed by atoms with Crippen LogP contribution in [0, 0.1) is 10.1 Å². The number of nitro groups is 1. The molecule has 0 heterocycles. The number of nitrogens with zero attached hydrogens (tertiary/aromatic N) is 2. The molecule has 2 aromatic rings. The van der Waals surface area contributed by atoms with Gasteiger partial charge in [-0.2, -0.15) is 0 Å². The van der Waals surface area contributed by atoms with Crippen molar-refractivity contribution in [1.29, 1.82) is 0 Å². The Morgan fingerprint density at radius 2 is 1.80 bits per heavy atom. The second-order valence-corrected chi connectivity index (χ2v) is 8.70. The summed E-state index contributed by atoms with van der Waals surface area (Å²) in [7, 11) is -1.68. The number of hydrogen-bond donors (Lipinski definition) is 0. The van der Waals surface area contributed by atoms with Gasteiger partial charge in [0.25, 0.3) is 5.69 Å². The van der Waals surface area contributed by atoms with E-state index < -0.39 is 14.8 Å². The first kappa shape index (κ1) is 17.4. The number of anilines is 1. The van der Waals surface area contributed by atoms with Crippen molar-refractivity contribution in [1.82, 2.24) is 0 Å². The summed E-state index contributed by atoms with van der Waals surface area (Å²) in [6.07, 6.45) is 3.12. The summed E-state index contributed by atoms with van der Waals surface area (Å²) in [5.41, 5.74) is 1.49. The molecule has 0 saturated heterocycles. The fourth-order valence-electron chi connectivity index (χ4n) is 3.22. The summed E-state index contributed by atoms with van der Waals surface area (Å²) in [4.78, 5) is 12.7. The minimum Gasteiger partial charge on any atom is -0.368 e. The molecule has 0 aromatic heterocycles. The molecule has 3 rings (SSSR count). The van der Waals surface area contributed by atoms with Crippen molar-refractivity contribution in [2.75, 3.05) is 24.7 Å². The van der Waals surface area contributed by atoms with Gasteiger partial charge >= 0.3 is 0 Å². The Labute approximate surface area is 147 Å². The molecule has 132 valence electrons. The first-order valence-electron chi connectivity index (χ1n) is 7.98. The summed E-state index contributed by atoms with van der Waals surface area (Å²) in [5.74, 6) is 0. The number of sulfone groups is 1. The van der Waals surface area contributed by atoms with Crippen molar-refractivity contribution in [3.05, 3.63) is 64.2 Å². The van der Waals surface area contributed by atoms with Gasteiger partial charge in [-0.3, -0.25) is 10.1 Å². The highest BCUT2D eigenvalue weighted by Gasteiger charge is 2.45. The molecule has 2 aromatic carbocycles. The lowest BCUT2D eigenvalue weighted by atomic mass is 9.95. The van der Waals surface area contributed by atoms with Gasteiger partial charge in [0.2, 0.25) is 0 Å². The smallest absolute Gasteiger partial charge is 0.293 e. The molecule has 1 aliphatic rings. The van der Waals surface area contributed by atoms with Gasteiger partial charge in [-0.1, -0.05) is 30.3 Å². The van der Waals surface area contributed by atoms with E-state index in [1.54, 1.807) is 0 Å². The zero-order valence-electron chi connectivity index (χ0n) is 14.2. The molecule has 0 unspecified atom stereocenters. The van der Waals surface area contributed by atoms with E-state index in [-0.39, 0.29) is 16.0 Å².